The predicted octanol–water partition coefficient (Wildman–Crippen LogP) is 7.63. The van der Waals surface area contributed by atoms with E-state index in [0.717, 1.165) is 17.7 Å². The van der Waals surface area contributed by atoms with Crippen molar-refractivity contribution < 1.29 is 35.1 Å². The molecule has 5 nitrogen and oxygen atoms in total. The lowest BCUT2D eigenvalue weighted by atomic mass is 10.0. The number of pyridine rings is 1. The molecule has 3 aromatic rings. The Morgan fingerprint density at radius 1 is 0.974 bits per heavy atom. The highest BCUT2D eigenvalue weighted by atomic mass is 19.4. The number of hydrogen-bond donors (Lipinski definition) is 0. The molecule has 0 amide bonds. The van der Waals surface area contributed by atoms with Crippen LogP contribution in [0.25, 0.3) is 0 Å². The molecule has 38 heavy (non-hydrogen) atoms. The molecule has 1 heterocycles. The molecule has 1 aromatic heterocycles. The number of aromatic nitrogens is 1. The Hall–Kier alpha value is -4.07. The number of nitrogens with zero attached hydrogens (tertiary/aromatic N) is 1. The molecule has 0 atom stereocenters. The third-order valence-corrected chi connectivity index (χ3v) is 4.57. The monoisotopic (exact) mass is 535 g/mol. The molecule has 0 bridgehead atoms. The van der Waals surface area contributed by atoms with E-state index in [1.54, 1.807) is 24.5 Å². The van der Waals surface area contributed by atoms with Crippen molar-refractivity contribution in [3.8, 4) is 5.75 Å². The third kappa shape index (κ3) is 16.6. The van der Waals surface area contributed by atoms with E-state index in [2.05, 4.69) is 56.6 Å². The number of hydrogen-bond acceptors (Lipinski definition) is 5. The number of ketones is 1. The Bertz CT molecular complexity index is 1060. The van der Waals surface area contributed by atoms with Gasteiger partial charge in [0.05, 0.1) is 6.61 Å². The Balaban J connectivity index is -0.000000270. The van der Waals surface area contributed by atoms with Crippen molar-refractivity contribution in [1.82, 2.24) is 4.98 Å². The van der Waals surface area contributed by atoms with Gasteiger partial charge in [0, 0.05) is 33.3 Å². The lowest BCUT2D eigenvalue weighted by molar-refractivity contribution is -0.0987. The summed E-state index contributed by atoms with van der Waals surface area (Å²) in [5.74, 6) is 0.955. The van der Waals surface area contributed by atoms with Gasteiger partial charge in [-0.2, -0.15) is 13.2 Å². The number of rotatable bonds is 6. The van der Waals surface area contributed by atoms with Gasteiger partial charge in [0.2, 0.25) is 0 Å². The maximum absolute atomic E-state index is 12.2. The van der Waals surface area contributed by atoms with Crippen molar-refractivity contribution in [3.05, 3.63) is 107 Å². The number of aryl methyl sites for hydroxylation is 3. The largest absolute Gasteiger partial charge is 0.494 e. The number of benzene rings is 2. The van der Waals surface area contributed by atoms with Gasteiger partial charge in [-0.15, -0.1) is 0 Å². The second-order valence-electron chi connectivity index (χ2n) is 7.47. The van der Waals surface area contributed by atoms with Crippen LogP contribution in [0.2, 0.25) is 0 Å². The Labute approximate surface area is 226 Å². The van der Waals surface area contributed by atoms with E-state index in [0.29, 0.717) is 18.6 Å². The topological polar surface area (TPSA) is 73.3 Å². The van der Waals surface area contributed by atoms with E-state index in [4.69, 9.17) is 14.3 Å². The Morgan fingerprint density at radius 3 is 1.95 bits per heavy atom. The van der Waals surface area contributed by atoms with Crippen LogP contribution in [0.4, 0.5) is 13.2 Å². The second kappa shape index (κ2) is 21.1. The molecule has 0 saturated heterocycles. The molecular formula is C30H40F3NO4. The number of carbonyl (C=O) groups is 3. The van der Waals surface area contributed by atoms with Gasteiger partial charge in [-0.25, -0.2) is 0 Å². The maximum atomic E-state index is 12.2. The molecule has 0 spiro atoms. The quantitative estimate of drug-likeness (QED) is 0.240. The molecule has 0 unspecified atom stereocenters. The van der Waals surface area contributed by atoms with Crippen molar-refractivity contribution in [2.75, 3.05) is 6.61 Å². The van der Waals surface area contributed by atoms with Gasteiger partial charge < -0.3 is 14.3 Å². The summed E-state index contributed by atoms with van der Waals surface area (Å²) in [5.41, 5.74) is 5.46. The van der Waals surface area contributed by atoms with Crippen LogP contribution in [-0.4, -0.2) is 37.1 Å². The molecule has 0 saturated carbocycles. The lowest BCUT2D eigenvalue weighted by Crippen LogP contribution is -2.05. The van der Waals surface area contributed by atoms with E-state index >= 15 is 0 Å². The lowest BCUT2D eigenvalue weighted by Gasteiger charge is -2.10. The number of ether oxygens (including phenoxy) is 1. The highest BCUT2D eigenvalue weighted by molar-refractivity contribution is 5.97. The van der Waals surface area contributed by atoms with Crippen LogP contribution in [0.15, 0.2) is 79.6 Å². The molecular weight excluding hydrogens is 495 g/mol. The summed E-state index contributed by atoms with van der Waals surface area (Å²) in [4.78, 5) is 32.1. The highest BCUT2D eigenvalue weighted by Gasteiger charge is 2.19. The average molecular weight is 536 g/mol. The number of Topliss-reactive ketones (excluding diaryl/α,β-unsaturated/α-hetero) is 1. The van der Waals surface area contributed by atoms with Crippen LogP contribution in [-0.2, 0) is 22.4 Å². The SMILES string of the molecule is C=CC(F)(F)F.C=O.C=O.CCOc1cc(CC(=O)c2cccnc2)ccc1CC.Cc1cccc(C)c1.[HH].[HH]. The van der Waals surface area contributed by atoms with Crippen molar-refractivity contribution in [1.29, 1.82) is 0 Å². The molecule has 2 aromatic carbocycles. The van der Waals surface area contributed by atoms with Crippen LogP contribution < -0.4 is 4.74 Å². The summed E-state index contributed by atoms with van der Waals surface area (Å²) in [6.07, 6.45) is 0.307. The van der Waals surface area contributed by atoms with E-state index in [9.17, 15) is 18.0 Å². The summed E-state index contributed by atoms with van der Waals surface area (Å²) in [7, 11) is 0. The predicted molar refractivity (Wildman–Crippen MR) is 150 cm³/mol. The standard InChI is InChI=1S/C17H19NO2.C8H10.C3H3F3.2CH2O.2H2/c1-3-14-8-7-13(11-17(14)20-4-2)10-16(19)15-6-5-9-18-12-15;1-7-4-3-5-8(2)6-7;1-2-3(4,5)6;2*1-2;;/h5-9,11-12H,3-4,10H2,1-2H3;3-6H,1-2H3;2H,1H2;2*1H2;2*1H. The summed E-state index contributed by atoms with van der Waals surface area (Å²) < 4.78 is 37.6. The zero-order valence-corrected chi connectivity index (χ0v) is 22.4. The minimum absolute atomic E-state index is 0. The van der Waals surface area contributed by atoms with Crippen molar-refractivity contribution in [2.24, 2.45) is 0 Å². The molecule has 0 fully saturated rings. The minimum atomic E-state index is -4.19. The van der Waals surface area contributed by atoms with Gasteiger partial charge in [-0.05, 0) is 56.5 Å². The Kier molecular flexibility index (Phi) is 20.0. The summed E-state index contributed by atoms with van der Waals surface area (Å²) in [6, 6.07) is 18.0. The van der Waals surface area contributed by atoms with E-state index in [-0.39, 0.29) is 14.7 Å². The molecule has 0 aliphatic carbocycles. The summed E-state index contributed by atoms with van der Waals surface area (Å²) >= 11 is 0. The third-order valence-electron chi connectivity index (χ3n) is 4.57. The molecule has 0 aliphatic rings. The summed E-state index contributed by atoms with van der Waals surface area (Å²) in [5, 5.41) is 0. The first-order chi connectivity index (χ1) is 18.1. The first-order valence-electron chi connectivity index (χ1n) is 11.6. The second-order valence-corrected chi connectivity index (χ2v) is 7.47. The molecule has 0 aliphatic heterocycles. The van der Waals surface area contributed by atoms with Gasteiger partial charge in [-0.3, -0.25) is 9.78 Å². The summed E-state index contributed by atoms with van der Waals surface area (Å²) in [6.45, 7) is 15.4. The first kappa shape index (κ1) is 36.1. The van der Waals surface area contributed by atoms with Crippen LogP contribution >= 0.6 is 0 Å². The van der Waals surface area contributed by atoms with Crippen LogP contribution in [0, 0.1) is 13.8 Å². The number of alkyl halides is 3. The van der Waals surface area contributed by atoms with Gasteiger partial charge in [-0.1, -0.05) is 61.0 Å². The van der Waals surface area contributed by atoms with Crippen LogP contribution in [0.5, 0.6) is 5.75 Å². The smallest absolute Gasteiger partial charge is 0.409 e. The maximum Gasteiger partial charge on any atom is 0.409 e. The van der Waals surface area contributed by atoms with Crippen molar-refractivity contribution >= 4 is 19.4 Å². The molecule has 8 heteroatoms. The number of carbonyl (C=O) groups excluding carboxylic acids is 3. The van der Waals surface area contributed by atoms with Gasteiger partial charge in [0.25, 0.3) is 0 Å². The fourth-order valence-corrected chi connectivity index (χ4v) is 2.91. The normalized spacial score (nSPS) is 9.34. The Morgan fingerprint density at radius 2 is 1.55 bits per heavy atom. The van der Waals surface area contributed by atoms with E-state index in [1.807, 2.05) is 38.7 Å². The van der Waals surface area contributed by atoms with Gasteiger partial charge in [0.1, 0.15) is 19.3 Å². The number of allylic oxidation sites excluding steroid dienone is 1. The fraction of sp³-hybridized carbons (Fsp3) is 0.267. The van der Waals surface area contributed by atoms with Gasteiger partial charge in [0.15, 0.2) is 5.78 Å². The highest BCUT2D eigenvalue weighted by Crippen LogP contribution is 2.22. The zero-order valence-electron chi connectivity index (χ0n) is 22.4. The van der Waals surface area contributed by atoms with Crippen LogP contribution in [0.3, 0.4) is 0 Å². The molecule has 210 valence electrons. The van der Waals surface area contributed by atoms with E-state index in [1.165, 1.54) is 16.7 Å². The zero-order chi connectivity index (χ0) is 29.6. The average Bonchev–Trinajstić information content (AvgIpc) is 2.92. The van der Waals surface area contributed by atoms with Crippen molar-refractivity contribution in [2.45, 2.75) is 46.7 Å². The van der Waals surface area contributed by atoms with Crippen molar-refractivity contribution in [3.63, 3.8) is 0 Å². The number of halogens is 3. The van der Waals surface area contributed by atoms with Gasteiger partial charge >= 0.3 is 6.18 Å². The molecule has 3 rings (SSSR count). The molecule has 0 radical (unpaired) electrons. The first-order valence-corrected chi connectivity index (χ1v) is 11.6. The van der Waals surface area contributed by atoms with Crippen LogP contribution in [0.1, 0.15) is 49.3 Å². The van der Waals surface area contributed by atoms with E-state index < -0.39 is 6.18 Å². The molecule has 0 N–H and O–H groups in total. The fourth-order valence-electron chi connectivity index (χ4n) is 2.91. The minimum Gasteiger partial charge on any atom is -0.494 e.